The second kappa shape index (κ2) is 4.96. The Morgan fingerprint density at radius 3 is 2.79 bits per heavy atom. The highest BCUT2D eigenvalue weighted by Gasteiger charge is 2.34. The zero-order chi connectivity index (χ0) is 10.6. The fraction of sp³-hybridized carbons (Fsp3) is 0.818. The van der Waals surface area contributed by atoms with Crippen molar-refractivity contribution in [2.75, 3.05) is 12.4 Å². The minimum Gasteiger partial charge on any atom is -0.500 e. The highest BCUT2D eigenvalue weighted by molar-refractivity contribution is 7.86. The molecule has 0 aliphatic carbocycles. The lowest BCUT2D eigenvalue weighted by atomic mass is 10.0. The van der Waals surface area contributed by atoms with E-state index in [-0.39, 0.29) is 4.75 Å². The molecule has 1 rings (SSSR count). The van der Waals surface area contributed by atoms with Crippen LogP contribution in [0.1, 0.15) is 40.0 Å². The van der Waals surface area contributed by atoms with Crippen molar-refractivity contribution in [1.29, 1.82) is 0 Å². The van der Waals surface area contributed by atoms with Crippen molar-refractivity contribution in [3.8, 4) is 0 Å². The zero-order valence-corrected chi connectivity index (χ0v) is 10.2. The molecule has 1 aliphatic heterocycles. The molecule has 1 saturated heterocycles. The topological polar surface area (TPSA) is 26.3 Å². The van der Waals surface area contributed by atoms with Crippen LogP contribution in [0.25, 0.3) is 0 Å². The van der Waals surface area contributed by atoms with Gasteiger partial charge in [0.1, 0.15) is 6.61 Å². The van der Waals surface area contributed by atoms with E-state index >= 15 is 0 Å². The van der Waals surface area contributed by atoms with Gasteiger partial charge >= 0.3 is 0 Å². The standard InChI is InChI=1S/C11H20O2S/c1-10(2)8-13-9-11(3)6-4-5-7-14(11)12/h8H,4-7,9H2,1-3H3. The van der Waals surface area contributed by atoms with E-state index < -0.39 is 10.8 Å². The summed E-state index contributed by atoms with van der Waals surface area (Å²) in [5.41, 5.74) is 1.15. The average Bonchev–Trinajstić information content (AvgIpc) is 2.10. The van der Waals surface area contributed by atoms with Crippen molar-refractivity contribution in [3.63, 3.8) is 0 Å². The smallest absolute Gasteiger partial charge is 0.104 e. The third-order valence-corrected chi connectivity index (χ3v) is 4.62. The fourth-order valence-corrected chi connectivity index (χ4v) is 3.15. The van der Waals surface area contributed by atoms with Gasteiger partial charge in [0.2, 0.25) is 0 Å². The lowest BCUT2D eigenvalue weighted by molar-refractivity contribution is 0.205. The summed E-state index contributed by atoms with van der Waals surface area (Å²) >= 11 is 0. The third kappa shape index (κ3) is 3.12. The number of allylic oxidation sites excluding steroid dienone is 1. The van der Waals surface area contributed by atoms with Crippen LogP contribution < -0.4 is 0 Å². The monoisotopic (exact) mass is 216 g/mol. The van der Waals surface area contributed by atoms with Crippen LogP contribution in [0.3, 0.4) is 0 Å². The summed E-state index contributed by atoms with van der Waals surface area (Å²) < 4.78 is 17.1. The van der Waals surface area contributed by atoms with E-state index in [1.165, 1.54) is 6.42 Å². The maximum Gasteiger partial charge on any atom is 0.104 e. The second-order valence-electron chi connectivity index (χ2n) is 4.46. The van der Waals surface area contributed by atoms with Gasteiger partial charge in [-0.05, 0) is 39.2 Å². The first-order valence-electron chi connectivity index (χ1n) is 5.18. The Bertz CT molecular complexity index is 244. The predicted octanol–water partition coefficient (Wildman–Crippen LogP) is 2.62. The van der Waals surface area contributed by atoms with Crippen molar-refractivity contribution >= 4 is 10.8 Å². The van der Waals surface area contributed by atoms with Gasteiger partial charge in [0, 0.05) is 16.6 Å². The number of rotatable bonds is 3. The van der Waals surface area contributed by atoms with Gasteiger partial charge in [0.15, 0.2) is 0 Å². The van der Waals surface area contributed by atoms with Gasteiger partial charge in [0.25, 0.3) is 0 Å². The van der Waals surface area contributed by atoms with Crippen molar-refractivity contribution in [2.45, 2.75) is 44.8 Å². The summed E-state index contributed by atoms with van der Waals surface area (Å²) in [7, 11) is -0.713. The van der Waals surface area contributed by atoms with E-state index in [1.54, 1.807) is 6.26 Å². The molecular formula is C11H20O2S. The van der Waals surface area contributed by atoms with Gasteiger partial charge in [-0.15, -0.1) is 0 Å². The average molecular weight is 216 g/mol. The van der Waals surface area contributed by atoms with E-state index in [0.717, 1.165) is 24.2 Å². The molecule has 1 heterocycles. The third-order valence-electron chi connectivity index (χ3n) is 2.54. The molecule has 0 amide bonds. The SMILES string of the molecule is CC(C)=COCC1(C)CCCCS1=O. The summed E-state index contributed by atoms with van der Waals surface area (Å²) in [6.45, 7) is 6.66. The van der Waals surface area contributed by atoms with Crippen molar-refractivity contribution in [2.24, 2.45) is 0 Å². The molecule has 1 fully saturated rings. The maximum absolute atomic E-state index is 11.8. The molecule has 0 N–H and O–H groups in total. The summed E-state index contributed by atoms with van der Waals surface area (Å²) in [5, 5.41) is 0. The predicted molar refractivity (Wildman–Crippen MR) is 60.6 cm³/mol. The highest BCUT2D eigenvalue weighted by Crippen LogP contribution is 2.27. The number of hydrogen-bond acceptors (Lipinski definition) is 2. The molecule has 0 saturated carbocycles. The van der Waals surface area contributed by atoms with Gasteiger partial charge in [-0.25, -0.2) is 0 Å². The zero-order valence-electron chi connectivity index (χ0n) is 9.34. The Morgan fingerprint density at radius 2 is 2.21 bits per heavy atom. The fourth-order valence-electron chi connectivity index (χ4n) is 1.61. The van der Waals surface area contributed by atoms with E-state index in [9.17, 15) is 4.21 Å². The van der Waals surface area contributed by atoms with Gasteiger partial charge in [-0.2, -0.15) is 0 Å². The largest absolute Gasteiger partial charge is 0.500 e. The quantitative estimate of drug-likeness (QED) is 0.678. The van der Waals surface area contributed by atoms with Crippen LogP contribution >= 0.6 is 0 Å². The molecule has 14 heavy (non-hydrogen) atoms. The van der Waals surface area contributed by atoms with Crippen LogP contribution in [-0.2, 0) is 15.5 Å². The van der Waals surface area contributed by atoms with Gasteiger partial charge in [-0.3, -0.25) is 4.21 Å². The van der Waals surface area contributed by atoms with Crippen molar-refractivity contribution in [1.82, 2.24) is 0 Å². The molecule has 0 aromatic rings. The minimum atomic E-state index is -0.713. The first-order chi connectivity index (χ1) is 6.54. The second-order valence-corrected chi connectivity index (χ2v) is 6.55. The van der Waals surface area contributed by atoms with E-state index in [4.69, 9.17) is 4.74 Å². The Hall–Kier alpha value is -0.310. The first-order valence-corrected chi connectivity index (χ1v) is 6.50. The van der Waals surface area contributed by atoms with Crippen molar-refractivity contribution in [3.05, 3.63) is 11.8 Å². The number of ether oxygens (including phenoxy) is 1. The van der Waals surface area contributed by atoms with Crippen LogP contribution in [0.15, 0.2) is 11.8 Å². The molecule has 1 aliphatic rings. The minimum absolute atomic E-state index is 0.121. The van der Waals surface area contributed by atoms with E-state index in [1.807, 2.05) is 13.8 Å². The lowest BCUT2D eigenvalue weighted by Crippen LogP contribution is -2.39. The first kappa shape index (κ1) is 11.8. The Labute approximate surface area is 89.2 Å². The van der Waals surface area contributed by atoms with Crippen LogP contribution in [0.5, 0.6) is 0 Å². The summed E-state index contributed by atoms with van der Waals surface area (Å²) in [6.07, 6.45) is 5.07. The molecule has 0 aromatic heterocycles. The van der Waals surface area contributed by atoms with Crippen LogP contribution in [-0.4, -0.2) is 21.3 Å². The van der Waals surface area contributed by atoms with Crippen molar-refractivity contribution < 1.29 is 8.95 Å². The van der Waals surface area contributed by atoms with Gasteiger partial charge in [-0.1, -0.05) is 6.42 Å². The van der Waals surface area contributed by atoms with Crippen LogP contribution in [0, 0.1) is 0 Å². The Kier molecular flexibility index (Phi) is 4.17. The molecule has 3 heteroatoms. The number of hydrogen-bond donors (Lipinski definition) is 0. The molecule has 82 valence electrons. The van der Waals surface area contributed by atoms with Gasteiger partial charge < -0.3 is 4.74 Å². The highest BCUT2D eigenvalue weighted by atomic mass is 32.2. The molecule has 0 radical (unpaired) electrons. The molecule has 2 nitrogen and oxygen atoms in total. The van der Waals surface area contributed by atoms with E-state index in [0.29, 0.717) is 6.61 Å². The lowest BCUT2D eigenvalue weighted by Gasteiger charge is -2.31. The summed E-state index contributed by atoms with van der Waals surface area (Å²) in [4.78, 5) is 0. The molecule has 0 aromatic carbocycles. The van der Waals surface area contributed by atoms with Crippen LogP contribution in [0.2, 0.25) is 0 Å². The molecule has 2 unspecified atom stereocenters. The Morgan fingerprint density at radius 1 is 1.50 bits per heavy atom. The van der Waals surface area contributed by atoms with E-state index in [2.05, 4.69) is 6.92 Å². The maximum atomic E-state index is 11.8. The Balaban J connectivity index is 2.47. The molecule has 0 spiro atoms. The molecule has 0 bridgehead atoms. The van der Waals surface area contributed by atoms with Crippen LogP contribution in [0.4, 0.5) is 0 Å². The summed E-state index contributed by atoms with van der Waals surface area (Å²) in [6, 6.07) is 0. The molecule has 2 atom stereocenters. The van der Waals surface area contributed by atoms with Gasteiger partial charge in [0.05, 0.1) is 11.0 Å². The normalized spacial score (nSPS) is 32.4. The summed E-state index contributed by atoms with van der Waals surface area (Å²) in [5.74, 6) is 0.842. The molecular weight excluding hydrogens is 196 g/mol.